The SMILES string of the molecule is CCCC/C=C\CCCCCC(O)C(=O)NC(CO)C(O)/C=C/CCCCCCCCCCCCCCCCCCCCCCCC. The zero-order valence-corrected chi connectivity index (χ0v) is 31.4. The van der Waals surface area contributed by atoms with Crippen molar-refractivity contribution in [1.29, 1.82) is 0 Å². The summed E-state index contributed by atoms with van der Waals surface area (Å²) >= 11 is 0. The van der Waals surface area contributed by atoms with Gasteiger partial charge < -0.3 is 20.6 Å². The molecule has 278 valence electrons. The number of unbranched alkanes of at least 4 members (excludes halogenated alkanes) is 27. The smallest absolute Gasteiger partial charge is 0.249 e. The van der Waals surface area contributed by atoms with Crippen LogP contribution in [-0.4, -0.2) is 46.1 Å². The van der Waals surface area contributed by atoms with E-state index >= 15 is 0 Å². The summed E-state index contributed by atoms with van der Waals surface area (Å²) in [5, 5.41) is 32.9. The van der Waals surface area contributed by atoms with Crippen molar-refractivity contribution in [3.63, 3.8) is 0 Å². The van der Waals surface area contributed by atoms with E-state index in [1.165, 1.54) is 148 Å². The van der Waals surface area contributed by atoms with Gasteiger partial charge in [0.25, 0.3) is 0 Å². The number of hydrogen-bond donors (Lipinski definition) is 4. The number of aliphatic hydroxyl groups is 3. The van der Waals surface area contributed by atoms with Crippen LogP contribution in [0.5, 0.6) is 0 Å². The molecule has 0 aliphatic carbocycles. The minimum Gasteiger partial charge on any atom is -0.394 e. The van der Waals surface area contributed by atoms with Gasteiger partial charge in [0.05, 0.1) is 18.8 Å². The third kappa shape index (κ3) is 33.1. The Hall–Kier alpha value is -1.17. The summed E-state index contributed by atoms with van der Waals surface area (Å²) < 4.78 is 0. The first kappa shape index (κ1) is 45.8. The molecule has 0 aliphatic heterocycles. The van der Waals surface area contributed by atoms with Crippen LogP contribution in [-0.2, 0) is 4.79 Å². The van der Waals surface area contributed by atoms with Crippen molar-refractivity contribution in [2.75, 3.05) is 6.61 Å². The predicted octanol–water partition coefficient (Wildman–Crippen LogP) is 11.4. The molecule has 0 saturated carbocycles. The summed E-state index contributed by atoms with van der Waals surface area (Å²) in [7, 11) is 0. The minimum atomic E-state index is -1.11. The van der Waals surface area contributed by atoms with Crippen LogP contribution in [0.25, 0.3) is 0 Å². The molecule has 1 amide bonds. The maximum absolute atomic E-state index is 12.3. The second kappa shape index (κ2) is 37.6. The van der Waals surface area contributed by atoms with Gasteiger partial charge in [0.1, 0.15) is 6.10 Å². The zero-order valence-electron chi connectivity index (χ0n) is 31.4. The third-order valence-electron chi connectivity index (χ3n) is 9.54. The first-order chi connectivity index (χ1) is 23.1. The molecule has 0 aromatic carbocycles. The molecule has 0 radical (unpaired) electrons. The fourth-order valence-corrected chi connectivity index (χ4v) is 6.22. The van der Waals surface area contributed by atoms with Gasteiger partial charge in [-0.25, -0.2) is 0 Å². The number of aliphatic hydroxyl groups excluding tert-OH is 3. The van der Waals surface area contributed by atoms with Crippen molar-refractivity contribution >= 4 is 5.91 Å². The zero-order chi connectivity index (χ0) is 34.5. The van der Waals surface area contributed by atoms with Crippen molar-refractivity contribution in [2.24, 2.45) is 0 Å². The van der Waals surface area contributed by atoms with Gasteiger partial charge in [-0.1, -0.05) is 199 Å². The van der Waals surface area contributed by atoms with E-state index in [4.69, 9.17) is 0 Å². The summed E-state index contributed by atoms with van der Waals surface area (Å²) in [6.07, 6.45) is 45.1. The van der Waals surface area contributed by atoms with E-state index in [0.29, 0.717) is 6.42 Å². The number of allylic oxidation sites excluding steroid dienone is 3. The lowest BCUT2D eigenvalue weighted by atomic mass is 10.0. The molecule has 0 aliphatic rings. The first-order valence-corrected chi connectivity index (χ1v) is 20.7. The van der Waals surface area contributed by atoms with Crippen LogP contribution in [0.2, 0.25) is 0 Å². The molecule has 0 rings (SSSR count). The molecule has 0 heterocycles. The molecule has 0 spiro atoms. The van der Waals surface area contributed by atoms with E-state index in [0.717, 1.165) is 44.9 Å². The van der Waals surface area contributed by atoms with Crippen molar-refractivity contribution in [3.05, 3.63) is 24.3 Å². The van der Waals surface area contributed by atoms with Crippen molar-refractivity contribution in [3.8, 4) is 0 Å². The third-order valence-corrected chi connectivity index (χ3v) is 9.54. The number of carbonyl (C=O) groups is 1. The van der Waals surface area contributed by atoms with Crippen LogP contribution in [0.3, 0.4) is 0 Å². The molecule has 3 unspecified atom stereocenters. The van der Waals surface area contributed by atoms with Gasteiger partial charge in [-0.3, -0.25) is 4.79 Å². The first-order valence-electron chi connectivity index (χ1n) is 20.7. The number of amides is 1. The average molecular weight is 664 g/mol. The van der Waals surface area contributed by atoms with Crippen LogP contribution in [0.15, 0.2) is 24.3 Å². The molecule has 4 N–H and O–H groups in total. The van der Waals surface area contributed by atoms with Gasteiger partial charge in [0.2, 0.25) is 5.91 Å². The number of hydrogen-bond acceptors (Lipinski definition) is 4. The Bertz CT molecular complexity index is 694. The largest absolute Gasteiger partial charge is 0.394 e. The van der Waals surface area contributed by atoms with Crippen molar-refractivity contribution < 1.29 is 20.1 Å². The number of rotatable bonds is 37. The van der Waals surface area contributed by atoms with Crippen LogP contribution in [0.1, 0.15) is 213 Å². The monoisotopic (exact) mass is 664 g/mol. The molecule has 0 bridgehead atoms. The van der Waals surface area contributed by atoms with Gasteiger partial charge in [0.15, 0.2) is 0 Å². The van der Waals surface area contributed by atoms with E-state index in [2.05, 4.69) is 31.3 Å². The summed E-state index contributed by atoms with van der Waals surface area (Å²) in [5.41, 5.74) is 0. The summed E-state index contributed by atoms with van der Waals surface area (Å²) in [6.45, 7) is 4.12. The molecular formula is C42H81NO4. The average Bonchev–Trinajstić information content (AvgIpc) is 3.07. The molecular weight excluding hydrogens is 582 g/mol. The topological polar surface area (TPSA) is 89.8 Å². The molecule has 5 heteroatoms. The normalized spacial score (nSPS) is 13.9. The molecule has 0 fully saturated rings. The summed E-state index contributed by atoms with van der Waals surface area (Å²) in [5.74, 6) is -0.518. The molecule has 47 heavy (non-hydrogen) atoms. The second-order valence-electron chi connectivity index (χ2n) is 14.2. The van der Waals surface area contributed by atoms with Crippen LogP contribution < -0.4 is 5.32 Å². The highest BCUT2D eigenvalue weighted by atomic mass is 16.3. The highest BCUT2D eigenvalue weighted by Gasteiger charge is 2.22. The molecule has 0 saturated heterocycles. The Morgan fingerprint density at radius 3 is 1.30 bits per heavy atom. The van der Waals surface area contributed by atoms with Crippen LogP contribution in [0, 0.1) is 0 Å². The summed E-state index contributed by atoms with van der Waals surface area (Å²) in [4.78, 5) is 12.3. The summed E-state index contributed by atoms with van der Waals surface area (Å²) in [6, 6.07) is -0.800. The number of nitrogens with one attached hydrogen (secondary N) is 1. The Balaban J connectivity index is 3.60. The lowest BCUT2D eigenvalue weighted by Crippen LogP contribution is -2.48. The lowest BCUT2D eigenvalue weighted by molar-refractivity contribution is -0.131. The van der Waals surface area contributed by atoms with Gasteiger partial charge in [-0.15, -0.1) is 0 Å². The van der Waals surface area contributed by atoms with Crippen LogP contribution >= 0.6 is 0 Å². The van der Waals surface area contributed by atoms with E-state index in [-0.39, 0.29) is 6.61 Å². The van der Waals surface area contributed by atoms with Crippen molar-refractivity contribution in [2.45, 2.75) is 231 Å². The Morgan fingerprint density at radius 2 is 0.872 bits per heavy atom. The van der Waals surface area contributed by atoms with Gasteiger partial charge in [0, 0.05) is 0 Å². The quantitative estimate of drug-likeness (QED) is 0.0393. The minimum absolute atomic E-state index is 0.367. The second-order valence-corrected chi connectivity index (χ2v) is 14.2. The van der Waals surface area contributed by atoms with E-state index in [9.17, 15) is 20.1 Å². The van der Waals surface area contributed by atoms with E-state index in [1.807, 2.05) is 6.08 Å². The molecule has 3 atom stereocenters. The van der Waals surface area contributed by atoms with Gasteiger partial charge in [-0.05, 0) is 38.5 Å². The number of carbonyl (C=O) groups excluding carboxylic acids is 1. The molecule has 0 aromatic rings. The molecule has 5 nitrogen and oxygen atoms in total. The molecule has 0 aromatic heterocycles. The fourth-order valence-electron chi connectivity index (χ4n) is 6.22. The Labute approximate surface area is 292 Å². The fraction of sp³-hybridized carbons (Fsp3) is 0.881. The predicted molar refractivity (Wildman–Crippen MR) is 204 cm³/mol. The van der Waals surface area contributed by atoms with E-state index in [1.54, 1.807) is 6.08 Å². The maximum atomic E-state index is 12.3. The lowest BCUT2D eigenvalue weighted by Gasteiger charge is -2.21. The van der Waals surface area contributed by atoms with Gasteiger partial charge >= 0.3 is 0 Å². The van der Waals surface area contributed by atoms with Crippen molar-refractivity contribution in [1.82, 2.24) is 5.32 Å². The van der Waals surface area contributed by atoms with Gasteiger partial charge in [-0.2, -0.15) is 0 Å². The van der Waals surface area contributed by atoms with Crippen LogP contribution in [0.4, 0.5) is 0 Å². The standard InChI is InChI=1S/C42H81NO4/c1-3-5-7-9-11-13-14-15-16-17-18-19-20-21-22-23-24-25-26-27-29-30-32-34-36-40(45)39(38-44)43-42(47)41(46)37-35-33-31-28-12-10-8-6-4-2/h10,12,34,36,39-41,44-46H,3-9,11,13-33,35,37-38H2,1-2H3,(H,43,47)/b12-10-,36-34+. The maximum Gasteiger partial charge on any atom is 0.249 e. The van der Waals surface area contributed by atoms with E-state index < -0.39 is 24.2 Å². The Morgan fingerprint density at radius 1 is 0.511 bits per heavy atom. The highest BCUT2D eigenvalue weighted by molar-refractivity contribution is 5.80. The Kier molecular flexibility index (Phi) is 36.7. The highest BCUT2D eigenvalue weighted by Crippen LogP contribution is 2.16.